The van der Waals surface area contributed by atoms with E-state index in [4.69, 9.17) is 9.47 Å². The Morgan fingerprint density at radius 1 is 0.973 bits per heavy atom. The van der Waals surface area contributed by atoms with Crippen LogP contribution in [0, 0.1) is 0 Å². The summed E-state index contributed by atoms with van der Waals surface area (Å²) in [4.78, 5) is 33.8. The highest BCUT2D eigenvalue weighted by atomic mass is 16.6. The van der Waals surface area contributed by atoms with Gasteiger partial charge >= 0.3 is 12.1 Å². The molecule has 37 heavy (non-hydrogen) atoms. The number of carboxylic acid groups (broad SMARTS) is 1. The minimum Gasteiger partial charge on any atom is -0.480 e. The fourth-order valence-electron chi connectivity index (χ4n) is 4.15. The van der Waals surface area contributed by atoms with E-state index in [-0.39, 0.29) is 38.3 Å². The van der Waals surface area contributed by atoms with Gasteiger partial charge in [-0.1, -0.05) is 78.9 Å². The maximum atomic E-state index is 12.3. The highest BCUT2D eigenvalue weighted by molar-refractivity contribution is 5.81. The Labute approximate surface area is 214 Å². The third kappa shape index (κ3) is 6.93. The number of aliphatic carboxylic acids is 1. The monoisotopic (exact) mass is 504 g/mol. The molecule has 2 aliphatic rings. The molecule has 0 unspecified atom stereocenters. The van der Waals surface area contributed by atoms with Gasteiger partial charge in [-0.25, -0.2) is 9.59 Å². The van der Waals surface area contributed by atoms with Crippen molar-refractivity contribution in [1.29, 1.82) is 0 Å². The molecular weight excluding hydrogens is 476 g/mol. The molecule has 1 fully saturated rings. The molecule has 192 valence electrons. The number of ether oxygens (including phenoxy) is 3. The van der Waals surface area contributed by atoms with Crippen LogP contribution >= 0.6 is 0 Å². The van der Waals surface area contributed by atoms with Gasteiger partial charge in [0.25, 0.3) is 0 Å². The molecule has 3 N–H and O–H groups in total. The second kappa shape index (κ2) is 12.7. The van der Waals surface area contributed by atoms with Crippen LogP contribution < -0.4 is 10.6 Å². The van der Waals surface area contributed by atoms with Crippen molar-refractivity contribution in [2.75, 3.05) is 26.6 Å². The zero-order chi connectivity index (χ0) is 26.0. The highest BCUT2D eigenvalue weighted by Crippen LogP contribution is 2.44. The van der Waals surface area contributed by atoms with Crippen molar-refractivity contribution in [3.63, 3.8) is 0 Å². The summed E-state index contributed by atoms with van der Waals surface area (Å²) in [7, 11) is 0. The van der Waals surface area contributed by atoms with Crippen LogP contribution in [0.5, 0.6) is 0 Å². The Hall–Kier alpha value is -4.21. The van der Waals surface area contributed by atoms with E-state index in [1.165, 1.54) is 0 Å². The molecule has 2 amide bonds. The van der Waals surface area contributed by atoms with Gasteiger partial charge in [0.1, 0.15) is 19.9 Å². The van der Waals surface area contributed by atoms with Crippen LogP contribution in [0.2, 0.25) is 0 Å². The predicted molar refractivity (Wildman–Crippen MR) is 135 cm³/mol. The number of alkyl carbamates (subject to hydrolysis) is 1. The van der Waals surface area contributed by atoms with E-state index in [1.807, 2.05) is 66.7 Å². The average Bonchev–Trinajstić information content (AvgIpc) is 3.52. The van der Waals surface area contributed by atoms with Gasteiger partial charge in [0.05, 0.1) is 13.2 Å². The molecule has 1 heterocycles. The lowest BCUT2D eigenvalue weighted by Gasteiger charge is -2.17. The smallest absolute Gasteiger partial charge is 0.407 e. The molecule has 9 heteroatoms. The summed E-state index contributed by atoms with van der Waals surface area (Å²) in [5.74, 6) is -1.28. The molecule has 0 spiro atoms. The maximum absolute atomic E-state index is 12.3. The first-order valence-corrected chi connectivity index (χ1v) is 11.8. The topological polar surface area (TPSA) is 123 Å². The molecule has 3 aromatic carbocycles. The molecule has 1 saturated heterocycles. The van der Waals surface area contributed by atoms with Crippen molar-refractivity contribution in [3.05, 3.63) is 95.6 Å². The lowest BCUT2D eigenvalue weighted by atomic mass is 9.98. The Morgan fingerprint density at radius 2 is 1.59 bits per heavy atom. The van der Waals surface area contributed by atoms with E-state index in [2.05, 4.69) is 27.5 Å². The third-order valence-corrected chi connectivity index (χ3v) is 5.93. The SMILES string of the molecule is O=C(N[C@@H](COCc1ccccc1)C(=O)O)OCC1c2ccccc2-c2ccccc21.O=C1COCN1. The lowest BCUT2D eigenvalue weighted by Crippen LogP contribution is -2.44. The first kappa shape index (κ1) is 25.9. The fraction of sp³-hybridized carbons (Fsp3) is 0.250. The van der Waals surface area contributed by atoms with Gasteiger partial charge in [0.15, 0.2) is 6.04 Å². The van der Waals surface area contributed by atoms with Gasteiger partial charge in [-0.2, -0.15) is 0 Å². The second-order valence-corrected chi connectivity index (χ2v) is 8.45. The molecule has 0 saturated carbocycles. The number of amides is 2. The standard InChI is InChI=1S/C25H23NO5.C3H5NO2/c27-24(28)23(16-30-14-17-8-2-1-3-9-17)26-25(29)31-15-22-20-12-6-4-10-18(20)19-11-5-7-13-21(19)22;5-3-1-6-2-4-3/h1-13,22-23H,14-16H2,(H,26,29)(H,27,28);1-2H2,(H,4,5)/t23-;/m0./s1. The van der Waals surface area contributed by atoms with Gasteiger partial charge in [0, 0.05) is 5.92 Å². The van der Waals surface area contributed by atoms with Crippen molar-refractivity contribution in [2.45, 2.75) is 18.6 Å². The second-order valence-electron chi connectivity index (χ2n) is 8.45. The number of carbonyl (C=O) groups excluding carboxylic acids is 2. The van der Waals surface area contributed by atoms with Crippen LogP contribution in [0.1, 0.15) is 22.6 Å². The van der Waals surface area contributed by atoms with Gasteiger partial charge in [-0.05, 0) is 27.8 Å². The molecule has 5 rings (SSSR count). The van der Waals surface area contributed by atoms with E-state index >= 15 is 0 Å². The van der Waals surface area contributed by atoms with Crippen molar-refractivity contribution in [3.8, 4) is 11.1 Å². The van der Waals surface area contributed by atoms with E-state index in [0.29, 0.717) is 6.73 Å². The fourth-order valence-corrected chi connectivity index (χ4v) is 4.15. The van der Waals surface area contributed by atoms with E-state index < -0.39 is 18.1 Å². The van der Waals surface area contributed by atoms with Gasteiger partial charge in [-0.3, -0.25) is 4.79 Å². The number of carbonyl (C=O) groups is 3. The number of carboxylic acids is 1. The Kier molecular flexibility index (Phi) is 8.85. The molecule has 3 aromatic rings. The highest BCUT2D eigenvalue weighted by Gasteiger charge is 2.29. The summed E-state index contributed by atoms with van der Waals surface area (Å²) in [6, 6.07) is 24.3. The summed E-state index contributed by atoms with van der Waals surface area (Å²) in [5, 5.41) is 14.3. The Balaban J connectivity index is 0.000000469. The van der Waals surface area contributed by atoms with Crippen molar-refractivity contribution >= 4 is 18.0 Å². The number of rotatable bonds is 8. The van der Waals surface area contributed by atoms with Gasteiger partial charge < -0.3 is 30.0 Å². The predicted octanol–water partition coefficient (Wildman–Crippen LogP) is 3.29. The van der Waals surface area contributed by atoms with Gasteiger partial charge in [0.2, 0.25) is 5.91 Å². The van der Waals surface area contributed by atoms with Crippen LogP contribution in [0.15, 0.2) is 78.9 Å². The minimum atomic E-state index is -1.20. The summed E-state index contributed by atoms with van der Waals surface area (Å²) >= 11 is 0. The van der Waals surface area contributed by atoms with Crippen molar-refractivity contribution in [2.24, 2.45) is 0 Å². The molecule has 1 aliphatic carbocycles. The summed E-state index contributed by atoms with van der Waals surface area (Å²) in [6.45, 7) is 0.849. The molecule has 0 bridgehead atoms. The summed E-state index contributed by atoms with van der Waals surface area (Å²) in [6.07, 6.45) is -0.780. The molecule has 1 aliphatic heterocycles. The number of hydrogen-bond donors (Lipinski definition) is 3. The van der Waals surface area contributed by atoms with Gasteiger partial charge in [-0.15, -0.1) is 0 Å². The number of benzene rings is 3. The van der Waals surface area contributed by atoms with Crippen LogP contribution in [0.4, 0.5) is 4.79 Å². The Bertz CT molecular complexity index is 1180. The van der Waals surface area contributed by atoms with Crippen LogP contribution in [-0.2, 0) is 30.4 Å². The summed E-state index contributed by atoms with van der Waals surface area (Å²) in [5.41, 5.74) is 5.37. The van der Waals surface area contributed by atoms with E-state index in [0.717, 1.165) is 27.8 Å². The van der Waals surface area contributed by atoms with Crippen molar-refractivity contribution in [1.82, 2.24) is 10.6 Å². The first-order chi connectivity index (χ1) is 18.0. The first-order valence-electron chi connectivity index (χ1n) is 11.8. The molecule has 1 atom stereocenters. The normalized spacial score (nSPS) is 14.4. The number of hydrogen-bond acceptors (Lipinski definition) is 6. The third-order valence-electron chi connectivity index (χ3n) is 5.93. The molecule has 9 nitrogen and oxygen atoms in total. The van der Waals surface area contributed by atoms with E-state index in [9.17, 15) is 19.5 Å². The van der Waals surface area contributed by atoms with Crippen LogP contribution in [-0.4, -0.2) is 55.7 Å². The molecular formula is C28H28N2O7. The van der Waals surface area contributed by atoms with Crippen LogP contribution in [0.3, 0.4) is 0 Å². The number of nitrogens with one attached hydrogen (secondary N) is 2. The van der Waals surface area contributed by atoms with Crippen LogP contribution in [0.25, 0.3) is 11.1 Å². The average molecular weight is 505 g/mol. The zero-order valence-corrected chi connectivity index (χ0v) is 20.1. The Morgan fingerprint density at radius 3 is 2.14 bits per heavy atom. The largest absolute Gasteiger partial charge is 0.480 e. The number of fused-ring (bicyclic) bond motifs is 3. The molecule has 0 radical (unpaired) electrons. The summed E-state index contributed by atoms with van der Waals surface area (Å²) < 4.78 is 15.5. The molecule has 0 aromatic heterocycles. The maximum Gasteiger partial charge on any atom is 0.407 e. The van der Waals surface area contributed by atoms with E-state index in [1.54, 1.807) is 0 Å². The lowest BCUT2D eigenvalue weighted by molar-refractivity contribution is -0.141. The quantitative estimate of drug-likeness (QED) is 0.430. The zero-order valence-electron chi connectivity index (χ0n) is 20.1. The minimum absolute atomic E-state index is 0.0185. The van der Waals surface area contributed by atoms with Crippen molar-refractivity contribution < 1.29 is 33.7 Å².